The van der Waals surface area contributed by atoms with Crippen LogP contribution in [0, 0.1) is 11.8 Å². The van der Waals surface area contributed by atoms with Crippen LogP contribution in [0.2, 0.25) is 0 Å². The molecule has 2 aliphatic rings. The molecule has 2 aromatic heterocycles. The summed E-state index contributed by atoms with van der Waals surface area (Å²) in [6.45, 7) is 0. The number of anilines is 1. The van der Waals surface area contributed by atoms with E-state index in [4.69, 9.17) is 5.73 Å². The average Bonchev–Trinajstić information content (AvgIpc) is 3.14. The minimum atomic E-state index is -0.425. The lowest BCUT2D eigenvalue weighted by Crippen LogP contribution is -2.27. The van der Waals surface area contributed by atoms with Crippen LogP contribution in [0.15, 0.2) is 18.5 Å². The van der Waals surface area contributed by atoms with Gasteiger partial charge in [-0.15, -0.1) is 0 Å². The summed E-state index contributed by atoms with van der Waals surface area (Å²) in [5.74, 6) is 1.17. The van der Waals surface area contributed by atoms with Gasteiger partial charge in [0.05, 0.1) is 11.3 Å². The predicted molar refractivity (Wildman–Crippen MR) is 77.5 cm³/mol. The Bertz CT molecular complexity index is 678. The molecule has 5 nitrogen and oxygen atoms in total. The number of carbonyl (C=O) groups is 1. The first kappa shape index (κ1) is 11.8. The topological polar surface area (TPSA) is 83.8 Å². The number of pyridine rings is 1. The smallest absolute Gasteiger partial charge is 0.252 e. The van der Waals surface area contributed by atoms with Gasteiger partial charge in [-0.25, -0.2) is 4.98 Å². The van der Waals surface area contributed by atoms with Crippen molar-refractivity contribution in [2.45, 2.75) is 31.7 Å². The van der Waals surface area contributed by atoms with E-state index in [1.165, 1.54) is 25.7 Å². The normalized spacial score (nSPS) is 28.1. The zero-order valence-electron chi connectivity index (χ0n) is 11.2. The number of amides is 1. The molecule has 3 atom stereocenters. The van der Waals surface area contributed by atoms with Gasteiger partial charge in [-0.3, -0.25) is 4.79 Å². The minimum absolute atomic E-state index is 0.425. The summed E-state index contributed by atoms with van der Waals surface area (Å²) in [5, 5.41) is 4.54. The van der Waals surface area contributed by atoms with Gasteiger partial charge in [0.25, 0.3) is 5.91 Å². The van der Waals surface area contributed by atoms with Gasteiger partial charge in [-0.05, 0) is 37.2 Å². The maximum atomic E-state index is 11.7. The van der Waals surface area contributed by atoms with Crippen molar-refractivity contribution in [1.29, 1.82) is 0 Å². The third kappa shape index (κ3) is 1.69. The number of rotatable bonds is 3. The predicted octanol–water partition coefficient (Wildman–Crippen LogP) is 2.26. The van der Waals surface area contributed by atoms with E-state index >= 15 is 0 Å². The van der Waals surface area contributed by atoms with Gasteiger partial charge in [0.1, 0.15) is 5.65 Å². The lowest BCUT2D eigenvalue weighted by atomic mass is 9.94. The SMILES string of the molecule is NC(=O)c1cnc2[nH]ccc2c1N[C@H]1C[C@H]2CC[C@@H]1C2. The number of aromatic nitrogens is 2. The summed E-state index contributed by atoms with van der Waals surface area (Å²) in [7, 11) is 0. The number of nitrogens with one attached hydrogen (secondary N) is 2. The molecule has 0 unspecified atom stereocenters. The molecule has 2 aromatic rings. The van der Waals surface area contributed by atoms with Gasteiger partial charge < -0.3 is 16.0 Å². The van der Waals surface area contributed by atoms with Crippen molar-refractivity contribution in [1.82, 2.24) is 9.97 Å². The van der Waals surface area contributed by atoms with E-state index in [1.807, 2.05) is 12.3 Å². The number of hydrogen-bond acceptors (Lipinski definition) is 3. The molecule has 4 rings (SSSR count). The molecule has 0 aromatic carbocycles. The molecule has 1 amide bonds. The molecule has 5 heteroatoms. The fraction of sp³-hybridized carbons (Fsp3) is 0.467. The highest BCUT2D eigenvalue weighted by Crippen LogP contribution is 2.46. The highest BCUT2D eigenvalue weighted by molar-refractivity contribution is 6.05. The van der Waals surface area contributed by atoms with Crippen LogP contribution in [0.5, 0.6) is 0 Å². The largest absolute Gasteiger partial charge is 0.381 e. The van der Waals surface area contributed by atoms with Gasteiger partial charge in [0.15, 0.2) is 0 Å². The van der Waals surface area contributed by atoms with Gasteiger partial charge in [-0.2, -0.15) is 0 Å². The van der Waals surface area contributed by atoms with Crippen molar-refractivity contribution in [3.05, 3.63) is 24.0 Å². The summed E-state index contributed by atoms with van der Waals surface area (Å²) in [6, 6.07) is 2.41. The zero-order valence-corrected chi connectivity index (χ0v) is 11.2. The molecule has 2 heterocycles. The second-order valence-corrected chi connectivity index (χ2v) is 6.08. The third-order valence-corrected chi connectivity index (χ3v) is 4.92. The Morgan fingerprint density at radius 3 is 3.00 bits per heavy atom. The first-order valence-corrected chi connectivity index (χ1v) is 7.25. The Morgan fingerprint density at radius 1 is 1.40 bits per heavy atom. The molecule has 104 valence electrons. The molecule has 2 aliphatic carbocycles. The van der Waals surface area contributed by atoms with Crippen LogP contribution in [-0.4, -0.2) is 21.9 Å². The molecule has 0 aliphatic heterocycles. The number of fused-ring (bicyclic) bond motifs is 3. The number of hydrogen-bond donors (Lipinski definition) is 3. The van der Waals surface area contributed by atoms with E-state index in [-0.39, 0.29) is 0 Å². The number of aromatic amines is 1. The first-order chi connectivity index (χ1) is 9.72. The Kier molecular flexibility index (Phi) is 2.49. The summed E-state index contributed by atoms with van der Waals surface area (Å²) in [5.41, 5.74) is 7.62. The van der Waals surface area contributed by atoms with Crippen LogP contribution in [-0.2, 0) is 0 Å². The summed E-state index contributed by atoms with van der Waals surface area (Å²) in [4.78, 5) is 19.0. The Balaban J connectivity index is 1.75. The van der Waals surface area contributed by atoms with E-state index in [0.717, 1.165) is 28.6 Å². The second kappa shape index (κ2) is 4.23. The van der Waals surface area contributed by atoms with Crippen molar-refractivity contribution in [2.24, 2.45) is 17.6 Å². The average molecular weight is 270 g/mol. The van der Waals surface area contributed by atoms with Crippen LogP contribution >= 0.6 is 0 Å². The standard InChI is InChI=1S/C15H18N4O/c16-14(20)11-7-18-15-10(3-4-17-15)13(11)19-12-6-8-1-2-9(12)5-8/h3-4,7-9,12H,1-2,5-6H2,(H2,16,20)(H2,17,18,19)/t8-,9+,12-/m0/s1. The van der Waals surface area contributed by atoms with Crippen molar-refractivity contribution in [3.63, 3.8) is 0 Å². The highest BCUT2D eigenvalue weighted by atomic mass is 16.1. The number of nitrogens with two attached hydrogens (primary N) is 1. The lowest BCUT2D eigenvalue weighted by molar-refractivity contribution is 0.100. The quantitative estimate of drug-likeness (QED) is 0.800. The molecule has 2 bridgehead atoms. The van der Waals surface area contributed by atoms with Crippen LogP contribution in [0.4, 0.5) is 5.69 Å². The Labute approximate surface area is 117 Å². The first-order valence-electron chi connectivity index (χ1n) is 7.25. The molecule has 2 fully saturated rings. The van der Waals surface area contributed by atoms with Crippen molar-refractivity contribution in [3.8, 4) is 0 Å². The highest BCUT2D eigenvalue weighted by Gasteiger charge is 2.39. The Hall–Kier alpha value is -2.04. The van der Waals surface area contributed by atoms with Crippen LogP contribution < -0.4 is 11.1 Å². The van der Waals surface area contributed by atoms with Crippen LogP contribution in [0.3, 0.4) is 0 Å². The van der Waals surface area contributed by atoms with Crippen molar-refractivity contribution >= 4 is 22.6 Å². The third-order valence-electron chi connectivity index (χ3n) is 4.92. The van der Waals surface area contributed by atoms with E-state index in [0.29, 0.717) is 11.6 Å². The van der Waals surface area contributed by atoms with Crippen LogP contribution in [0.25, 0.3) is 11.0 Å². The van der Waals surface area contributed by atoms with Gasteiger partial charge >= 0.3 is 0 Å². The van der Waals surface area contributed by atoms with Crippen LogP contribution in [0.1, 0.15) is 36.0 Å². The molecule has 0 radical (unpaired) electrons. The Morgan fingerprint density at radius 2 is 2.30 bits per heavy atom. The maximum absolute atomic E-state index is 11.7. The molecular formula is C15H18N4O. The van der Waals surface area contributed by atoms with E-state index in [1.54, 1.807) is 6.20 Å². The minimum Gasteiger partial charge on any atom is -0.381 e. The molecule has 20 heavy (non-hydrogen) atoms. The van der Waals surface area contributed by atoms with Gasteiger partial charge in [-0.1, -0.05) is 6.42 Å². The number of H-pyrrole nitrogens is 1. The lowest BCUT2D eigenvalue weighted by Gasteiger charge is -2.25. The number of nitrogens with zero attached hydrogens (tertiary/aromatic N) is 1. The van der Waals surface area contributed by atoms with E-state index in [2.05, 4.69) is 15.3 Å². The molecule has 0 spiro atoms. The van der Waals surface area contributed by atoms with Gasteiger partial charge in [0, 0.05) is 23.8 Å². The van der Waals surface area contributed by atoms with Crippen molar-refractivity contribution in [2.75, 3.05) is 5.32 Å². The van der Waals surface area contributed by atoms with Gasteiger partial charge in [0.2, 0.25) is 0 Å². The number of primary amides is 1. The monoisotopic (exact) mass is 270 g/mol. The van der Waals surface area contributed by atoms with Crippen molar-refractivity contribution < 1.29 is 4.79 Å². The van der Waals surface area contributed by atoms with E-state index in [9.17, 15) is 4.79 Å². The summed E-state index contributed by atoms with van der Waals surface area (Å²) >= 11 is 0. The number of carbonyl (C=O) groups excluding carboxylic acids is 1. The second-order valence-electron chi connectivity index (χ2n) is 6.08. The summed E-state index contributed by atoms with van der Waals surface area (Å²) in [6.07, 6.45) is 8.60. The zero-order chi connectivity index (χ0) is 13.7. The molecule has 0 saturated heterocycles. The molecule has 2 saturated carbocycles. The molecule has 4 N–H and O–H groups in total. The fourth-order valence-electron chi connectivity index (χ4n) is 3.96. The summed E-state index contributed by atoms with van der Waals surface area (Å²) < 4.78 is 0. The van der Waals surface area contributed by atoms with E-state index < -0.39 is 5.91 Å². The fourth-order valence-corrected chi connectivity index (χ4v) is 3.96. The molecular weight excluding hydrogens is 252 g/mol. The maximum Gasteiger partial charge on any atom is 0.252 e.